The van der Waals surface area contributed by atoms with E-state index in [1.54, 1.807) is 18.4 Å². The largest absolute Gasteiger partial charge is 0.356 e. The summed E-state index contributed by atoms with van der Waals surface area (Å²) in [7, 11) is 1.79. The number of halogens is 1. The lowest BCUT2D eigenvalue weighted by Gasteiger charge is -2.11. The molecule has 0 unspecified atom stereocenters. The minimum atomic E-state index is 0. The van der Waals surface area contributed by atoms with Crippen LogP contribution in [0.2, 0.25) is 0 Å². The zero-order chi connectivity index (χ0) is 15.9. The number of rotatable bonds is 6. The first-order valence-electron chi connectivity index (χ1n) is 7.44. The number of guanidine groups is 1. The van der Waals surface area contributed by atoms with Crippen LogP contribution in [0.4, 0.5) is 0 Å². The van der Waals surface area contributed by atoms with Gasteiger partial charge in [-0.15, -0.1) is 35.3 Å². The van der Waals surface area contributed by atoms with Gasteiger partial charge in [0.25, 0.3) is 0 Å². The molecule has 0 fully saturated rings. The summed E-state index contributed by atoms with van der Waals surface area (Å²) in [5.41, 5.74) is 5.23. The van der Waals surface area contributed by atoms with E-state index in [1.165, 1.54) is 10.6 Å². The molecule has 2 rings (SSSR count). The Hall–Kier alpha value is -1.16. The minimum absolute atomic E-state index is 0. The van der Waals surface area contributed by atoms with E-state index in [9.17, 15) is 0 Å². The number of aliphatic imine (C=N–C) groups is 1. The second-order valence-electron chi connectivity index (χ2n) is 5.22. The van der Waals surface area contributed by atoms with Gasteiger partial charge >= 0.3 is 0 Å². The molecule has 2 aromatic rings. The summed E-state index contributed by atoms with van der Waals surface area (Å²) in [5, 5.41) is 11.1. The standard InChI is InChI=1S/C15H24N6S.HI/c1-11-8-12(2)21(20-11)7-5-6-17-15(16-4)18-9-14-13(3)19-10-22-14;/h8,10H,5-7,9H2,1-4H3,(H2,16,17,18);1H. The number of hydrogen-bond donors (Lipinski definition) is 2. The molecule has 0 bridgehead atoms. The van der Waals surface area contributed by atoms with Crippen LogP contribution in [0.1, 0.15) is 28.4 Å². The van der Waals surface area contributed by atoms with Gasteiger partial charge in [-0.05, 0) is 33.3 Å². The van der Waals surface area contributed by atoms with Crippen LogP contribution in [0.3, 0.4) is 0 Å². The fourth-order valence-corrected chi connectivity index (χ4v) is 2.93. The van der Waals surface area contributed by atoms with Gasteiger partial charge in [-0.2, -0.15) is 5.10 Å². The molecule has 0 saturated carbocycles. The molecule has 0 saturated heterocycles. The van der Waals surface area contributed by atoms with Gasteiger partial charge in [0.15, 0.2) is 5.96 Å². The Morgan fingerprint density at radius 3 is 2.65 bits per heavy atom. The van der Waals surface area contributed by atoms with Crippen LogP contribution in [0.15, 0.2) is 16.6 Å². The predicted molar refractivity (Wildman–Crippen MR) is 107 cm³/mol. The van der Waals surface area contributed by atoms with Gasteiger partial charge in [0.1, 0.15) is 0 Å². The highest BCUT2D eigenvalue weighted by Gasteiger charge is 2.04. The molecule has 0 radical (unpaired) electrons. The fraction of sp³-hybridized carbons (Fsp3) is 0.533. The van der Waals surface area contributed by atoms with Gasteiger partial charge in [0.2, 0.25) is 0 Å². The Balaban J connectivity index is 0.00000264. The SMILES string of the molecule is CN=C(NCCCn1nc(C)cc1C)NCc1scnc1C.I. The molecule has 2 heterocycles. The average molecular weight is 448 g/mol. The summed E-state index contributed by atoms with van der Waals surface area (Å²) >= 11 is 1.66. The van der Waals surface area contributed by atoms with E-state index >= 15 is 0 Å². The van der Waals surface area contributed by atoms with E-state index in [0.717, 1.165) is 43.4 Å². The van der Waals surface area contributed by atoms with E-state index in [4.69, 9.17) is 0 Å². The molecule has 6 nitrogen and oxygen atoms in total. The first-order valence-corrected chi connectivity index (χ1v) is 8.32. The van der Waals surface area contributed by atoms with Crippen molar-refractivity contribution in [1.29, 1.82) is 0 Å². The highest BCUT2D eigenvalue weighted by Crippen LogP contribution is 2.10. The Kier molecular flexibility index (Phi) is 8.53. The van der Waals surface area contributed by atoms with Crippen LogP contribution in [-0.4, -0.2) is 34.3 Å². The molecule has 0 aromatic carbocycles. The summed E-state index contributed by atoms with van der Waals surface area (Å²) in [6.07, 6.45) is 1.00. The Bertz CT molecular complexity index is 634. The monoisotopic (exact) mass is 448 g/mol. The van der Waals surface area contributed by atoms with Crippen molar-refractivity contribution in [3.63, 3.8) is 0 Å². The normalized spacial score (nSPS) is 11.2. The lowest BCUT2D eigenvalue weighted by molar-refractivity contribution is 0.555. The first-order chi connectivity index (χ1) is 10.6. The maximum absolute atomic E-state index is 4.46. The van der Waals surface area contributed by atoms with Gasteiger partial charge in [0.05, 0.1) is 23.4 Å². The summed E-state index contributed by atoms with van der Waals surface area (Å²) in [4.78, 5) is 9.73. The van der Waals surface area contributed by atoms with Crippen LogP contribution in [-0.2, 0) is 13.1 Å². The third-order valence-electron chi connectivity index (χ3n) is 3.43. The van der Waals surface area contributed by atoms with Crippen LogP contribution in [0.25, 0.3) is 0 Å². The predicted octanol–water partition coefficient (Wildman–Crippen LogP) is 2.64. The van der Waals surface area contributed by atoms with Crippen molar-refractivity contribution in [3.05, 3.63) is 33.5 Å². The molecule has 128 valence electrons. The molecule has 0 aliphatic heterocycles. The molecule has 0 atom stereocenters. The average Bonchev–Trinajstić information content (AvgIpc) is 3.03. The first kappa shape index (κ1) is 19.9. The Morgan fingerprint density at radius 2 is 2.09 bits per heavy atom. The molecule has 0 aliphatic rings. The smallest absolute Gasteiger partial charge is 0.191 e. The van der Waals surface area contributed by atoms with Crippen LogP contribution >= 0.6 is 35.3 Å². The zero-order valence-corrected chi connectivity index (χ0v) is 17.2. The molecule has 2 N–H and O–H groups in total. The lowest BCUT2D eigenvalue weighted by atomic mass is 10.4. The Labute approximate surface area is 158 Å². The number of aromatic nitrogens is 3. The van der Waals surface area contributed by atoms with Gasteiger partial charge in [0, 0.05) is 30.7 Å². The molecule has 0 aliphatic carbocycles. The molecular weight excluding hydrogens is 423 g/mol. The molecule has 23 heavy (non-hydrogen) atoms. The molecular formula is C15H25IN6S. The van der Waals surface area contributed by atoms with Crippen LogP contribution < -0.4 is 10.6 Å². The summed E-state index contributed by atoms with van der Waals surface area (Å²) in [5.74, 6) is 0.821. The summed E-state index contributed by atoms with van der Waals surface area (Å²) in [6.45, 7) is 8.67. The highest BCUT2D eigenvalue weighted by atomic mass is 127. The summed E-state index contributed by atoms with van der Waals surface area (Å²) in [6, 6.07) is 2.10. The maximum atomic E-state index is 4.46. The quantitative estimate of drug-likeness (QED) is 0.309. The number of aryl methyl sites for hydroxylation is 4. The third-order valence-corrected chi connectivity index (χ3v) is 4.36. The molecule has 8 heteroatoms. The van der Waals surface area contributed by atoms with Crippen molar-refractivity contribution in [1.82, 2.24) is 25.4 Å². The van der Waals surface area contributed by atoms with E-state index in [2.05, 4.69) is 38.7 Å². The maximum Gasteiger partial charge on any atom is 0.191 e. The number of nitrogens with one attached hydrogen (secondary N) is 2. The lowest BCUT2D eigenvalue weighted by Crippen LogP contribution is -2.37. The van der Waals surface area contributed by atoms with Crippen molar-refractivity contribution in [3.8, 4) is 0 Å². The number of nitrogens with zero attached hydrogens (tertiary/aromatic N) is 4. The molecule has 2 aromatic heterocycles. The van der Waals surface area contributed by atoms with Crippen LogP contribution in [0.5, 0.6) is 0 Å². The number of thiazole rings is 1. The fourth-order valence-electron chi connectivity index (χ4n) is 2.22. The molecule has 0 spiro atoms. The van der Waals surface area contributed by atoms with Crippen molar-refractivity contribution in [2.75, 3.05) is 13.6 Å². The van der Waals surface area contributed by atoms with Crippen molar-refractivity contribution in [2.24, 2.45) is 4.99 Å². The minimum Gasteiger partial charge on any atom is -0.356 e. The second kappa shape index (κ2) is 9.86. The van der Waals surface area contributed by atoms with Crippen molar-refractivity contribution >= 4 is 41.3 Å². The molecule has 0 amide bonds. The zero-order valence-electron chi connectivity index (χ0n) is 14.1. The van der Waals surface area contributed by atoms with Gasteiger partial charge in [-0.25, -0.2) is 4.98 Å². The third kappa shape index (κ3) is 6.09. The van der Waals surface area contributed by atoms with E-state index in [-0.39, 0.29) is 24.0 Å². The van der Waals surface area contributed by atoms with Crippen molar-refractivity contribution < 1.29 is 0 Å². The van der Waals surface area contributed by atoms with Gasteiger partial charge < -0.3 is 10.6 Å². The topological polar surface area (TPSA) is 67.1 Å². The highest BCUT2D eigenvalue weighted by molar-refractivity contribution is 14.0. The summed E-state index contributed by atoms with van der Waals surface area (Å²) < 4.78 is 2.05. The van der Waals surface area contributed by atoms with Gasteiger partial charge in [-0.1, -0.05) is 0 Å². The van der Waals surface area contributed by atoms with E-state index < -0.39 is 0 Å². The van der Waals surface area contributed by atoms with E-state index in [1.807, 2.05) is 24.0 Å². The van der Waals surface area contributed by atoms with E-state index in [0.29, 0.717) is 0 Å². The van der Waals surface area contributed by atoms with Gasteiger partial charge in [-0.3, -0.25) is 9.67 Å². The number of hydrogen-bond acceptors (Lipinski definition) is 4. The second-order valence-corrected chi connectivity index (χ2v) is 6.16. The van der Waals surface area contributed by atoms with Crippen molar-refractivity contribution in [2.45, 2.75) is 40.3 Å². The Morgan fingerprint density at radius 1 is 1.30 bits per heavy atom. The van der Waals surface area contributed by atoms with Crippen LogP contribution in [0, 0.1) is 20.8 Å².